The van der Waals surface area contributed by atoms with Crippen LogP contribution in [0.3, 0.4) is 0 Å². The molecule has 1 aliphatic rings. The van der Waals surface area contributed by atoms with E-state index < -0.39 is 0 Å². The normalized spacial score (nSPS) is 18.6. The summed E-state index contributed by atoms with van der Waals surface area (Å²) < 4.78 is 5.54. The van der Waals surface area contributed by atoms with E-state index in [1.807, 2.05) is 24.3 Å². The fourth-order valence-corrected chi connectivity index (χ4v) is 1.48. The molecule has 0 spiro atoms. The summed E-state index contributed by atoms with van der Waals surface area (Å²) in [7, 11) is 0. The molecule has 1 heterocycles. The number of ether oxygens (including phenoxy) is 1. The molecule has 0 N–H and O–H groups in total. The van der Waals surface area contributed by atoms with Crippen LogP contribution in [0.1, 0.15) is 5.56 Å². The predicted molar refractivity (Wildman–Crippen MR) is 48.6 cm³/mol. The van der Waals surface area contributed by atoms with Crippen molar-refractivity contribution in [3.63, 3.8) is 0 Å². The van der Waals surface area contributed by atoms with Crippen molar-refractivity contribution in [3.05, 3.63) is 40.3 Å². The zero-order valence-electron chi connectivity index (χ0n) is 7.05. The lowest BCUT2D eigenvalue weighted by Crippen LogP contribution is -2.16. The van der Waals surface area contributed by atoms with Crippen LogP contribution in [0.4, 0.5) is 0 Å². The fourth-order valence-electron chi connectivity index (χ4n) is 1.48. The summed E-state index contributed by atoms with van der Waals surface area (Å²) >= 11 is 0. The molecule has 0 unspecified atom stereocenters. The number of fused-ring (bicyclic) bond motifs is 1. The number of benzene rings is 1. The van der Waals surface area contributed by atoms with Crippen molar-refractivity contribution in [2.75, 3.05) is 6.54 Å². The van der Waals surface area contributed by atoms with Crippen molar-refractivity contribution in [2.45, 2.75) is 12.5 Å². The molecule has 1 aromatic rings. The highest BCUT2D eigenvalue weighted by Gasteiger charge is 2.20. The van der Waals surface area contributed by atoms with Crippen molar-refractivity contribution in [2.24, 2.45) is 5.11 Å². The quantitative estimate of drug-likeness (QED) is 0.386. The van der Waals surface area contributed by atoms with Crippen LogP contribution in [-0.4, -0.2) is 12.6 Å². The van der Waals surface area contributed by atoms with Crippen molar-refractivity contribution >= 4 is 0 Å². The molecule has 66 valence electrons. The molecule has 4 heteroatoms. The Kier molecular flexibility index (Phi) is 2.06. The van der Waals surface area contributed by atoms with Gasteiger partial charge in [0.25, 0.3) is 0 Å². The van der Waals surface area contributed by atoms with Gasteiger partial charge in [0.2, 0.25) is 0 Å². The Balaban J connectivity index is 2.09. The highest BCUT2D eigenvalue weighted by molar-refractivity contribution is 5.37. The van der Waals surface area contributed by atoms with Crippen LogP contribution < -0.4 is 4.74 Å². The van der Waals surface area contributed by atoms with Crippen molar-refractivity contribution < 1.29 is 4.74 Å². The van der Waals surface area contributed by atoms with Gasteiger partial charge in [0, 0.05) is 11.3 Å². The number of hydrogen-bond donors (Lipinski definition) is 0. The monoisotopic (exact) mass is 175 g/mol. The molecule has 4 nitrogen and oxygen atoms in total. The lowest BCUT2D eigenvalue weighted by atomic mass is 10.1. The van der Waals surface area contributed by atoms with Gasteiger partial charge in [0.15, 0.2) is 0 Å². The van der Waals surface area contributed by atoms with E-state index in [1.54, 1.807) is 0 Å². The zero-order chi connectivity index (χ0) is 9.10. The summed E-state index contributed by atoms with van der Waals surface area (Å²) in [5, 5.41) is 3.49. The molecule has 0 bridgehead atoms. The Morgan fingerprint density at radius 1 is 1.54 bits per heavy atom. The van der Waals surface area contributed by atoms with E-state index in [1.165, 1.54) is 5.56 Å². The second-order valence-corrected chi connectivity index (χ2v) is 2.97. The first-order valence-corrected chi connectivity index (χ1v) is 4.15. The summed E-state index contributed by atoms with van der Waals surface area (Å²) in [6.45, 7) is 0.408. The number of rotatable bonds is 2. The third kappa shape index (κ3) is 1.58. The van der Waals surface area contributed by atoms with Crippen LogP contribution in [0, 0.1) is 0 Å². The molecule has 0 radical (unpaired) electrons. The fraction of sp³-hybridized carbons (Fsp3) is 0.333. The lowest BCUT2D eigenvalue weighted by Gasteiger charge is -2.05. The Morgan fingerprint density at radius 2 is 2.38 bits per heavy atom. The second-order valence-electron chi connectivity index (χ2n) is 2.97. The Labute approximate surface area is 75.8 Å². The summed E-state index contributed by atoms with van der Waals surface area (Å²) in [6.07, 6.45) is 0.864. The van der Waals surface area contributed by atoms with Gasteiger partial charge in [-0.05, 0) is 17.2 Å². The SMILES string of the molecule is [N-]=[N+]=NC[C@H]1Cc2ccccc2O1. The van der Waals surface area contributed by atoms with E-state index in [-0.39, 0.29) is 6.10 Å². The zero-order valence-corrected chi connectivity index (χ0v) is 7.05. The Hall–Kier alpha value is -1.67. The highest BCUT2D eigenvalue weighted by atomic mass is 16.5. The standard InChI is InChI=1S/C9H9N3O/c10-12-11-6-8-5-7-3-1-2-4-9(7)13-8/h1-4,8H,5-6H2/t8-/m1/s1. The van der Waals surface area contributed by atoms with Crippen LogP contribution in [0.5, 0.6) is 5.75 Å². The second kappa shape index (κ2) is 3.37. The number of azide groups is 1. The molecule has 1 aromatic carbocycles. The van der Waals surface area contributed by atoms with Gasteiger partial charge >= 0.3 is 0 Å². The predicted octanol–water partition coefficient (Wildman–Crippen LogP) is 2.30. The smallest absolute Gasteiger partial charge is 0.123 e. The van der Waals surface area contributed by atoms with Crippen molar-refractivity contribution in [3.8, 4) is 5.75 Å². The first-order valence-electron chi connectivity index (χ1n) is 4.15. The van der Waals surface area contributed by atoms with Crippen LogP contribution in [0.2, 0.25) is 0 Å². The van der Waals surface area contributed by atoms with Gasteiger partial charge in [-0.25, -0.2) is 0 Å². The third-order valence-electron chi connectivity index (χ3n) is 2.06. The van der Waals surface area contributed by atoms with E-state index in [0.717, 1.165) is 12.2 Å². The largest absolute Gasteiger partial charge is 0.490 e. The van der Waals surface area contributed by atoms with Crippen LogP contribution in [-0.2, 0) is 6.42 Å². The lowest BCUT2D eigenvalue weighted by molar-refractivity contribution is 0.241. The highest BCUT2D eigenvalue weighted by Crippen LogP contribution is 2.27. The molecule has 0 aromatic heterocycles. The third-order valence-corrected chi connectivity index (χ3v) is 2.06. The average Bonchev–Trinajstić information content (AvgIpc) is 2.57. The first kappa shape index (κ1) is 7.95. The molecule has 0 saturated carbocycles. The van der Waals surface area contributed by atoms with Gasteiger partial charge < -0.3 is 4.74 Å². The molecule has 1 aliphatic heterocycles. The van der Waals surface area contributed by atoms with Gasteiger partial charge in [0.1, 0.15) is 11.9 Å². The summed E-state index contributed by atoms with van der Waals surface area (Å²) in [6, 6.07) is 7.89. The van der Waals surface area contributed by atoms with Crippen molar-refractivity contribution in [1.82, 2.24) is 0 Å². The van der Waals surface area contributed by atoms with Crippen LogP contribution in [0.15, 0.2) is 29.4 Å². The maximum atomic E-state index is 8.15. The van der Waals surface area contributed by atoms with E-state index in [2.05, 4.69) is 10.0 Å². The minimum absolute atomic E-state index is 0.0216. The summed E-state index contributed by atoms with van der Waals surface area (Å²) in [5.41, 5.74) is 9.34. The van der Waals surface area contributed by atoms with Gasteiger partial charge in [-0.2, -0.15) is 0 Å². The van der Waals surface area contributed by atoms with Gasteiger partial charge in [-0.3, -0.25) is 0 Å². The van der Waals surface area contributed by atoms with Crippen LogP contribution in [0.25, 0.3) is 10.4 Å². The maximum absolute atomic E-state index is 8.15. The van der Waals surface area contributed by atoms with Crippen LogP contribution >= 0.6 is 0 Å². The molecule has 0 amide bonds. The van der Waals surface area contributed by atoms with E-state index >= 15 is 0 Å². The molecular formula is C9H9N3O. The Morgan fingerprint density at radius 3 is 3.15 bits per heavy atom. The summed E-state index contributed by atoms with van der Waals surface area (Å²) in [4.78, 5) is 2.71. The minimum atomic E-state index is 0.0216. The molecule has 13 heavy (non-hydrogen) atoms. The maximum Gasteiger partial charge on any atom is 0.123 e. The number of hydrogen-bond acceptors (Lipinski definition) is 2. The van der Waals surface area contributed by atoms with Gasteiger partial charge in [0.05, 0.1) is 6.54 Å². The molecule has 2 rings (SSSR count). The number of para-hydroxylation sites is 1. The molecule has 1 atom stereocenters. The van der Waals surface area contributed by atoms with Crippen molar-refractivity contribution in [1.29, 1.82) is 0 Å². The molecule has 0 saturated heterocycles. The first-order chi connectivity index (χ1) is 6.40. The minimum Gasteiger partial charge on any atom is -0.490 e. The molecular weight excluding hydrogens is 166 g/mol. The van der Waals surface area contributed by atoms with Gasteiger partial charge in [-0.15, -0.1) is 0 Å². The van der Waals surface area contributed by atoms with Gasteiger partial charge in [-0.1, -0.05) is 23.3 Å². The number of nitrogens with zero attached hydrogens (tertiary/aromatic N) is 3. The Bertz CT molecular complexity index is 333. The van der Waals surface area contributed by atoms with E-state index in [9.17, 15) is 0 Å². The van der Waals surface area contributed by atoms with E-state index in [4.69, 9.17) is 10.3 Å². The molecule has 0 fully saturated rings. The average molecular weight is 175 g/mol. The van der Waals surface area contributed by atoms with E-state index in [0.29, 0.717) is 6.54 Å². The molecule has 0 aliphatic carbocycles. The summed E-state index contributed by atoms with van der Waals surface area (Å²) in [5.74, 6) is 0.917. The topological polar surface area (TPSA) is 58.0 Å².